The molecule has 1 heterocycles. The van der Waals surface area contributed by atoms with Crippen LogP contribution < -0.4 is 10.1 Å². The van der Waals surface area contributed by atoms with Crippen molar-refractivity contribution in [1.82, 2.24) is 0 Å². The van der Waals surface area contributed by atoms with Gasteiger partial charge in [0, 0.05) is 0 Å². The first-order chi connectivity index (χ1) is 13.9. The summed E-state index contributed by atoms with van der Waals surface area (Å²) in [5.74, 6) is -2.36. The number of carboxylic acid groups (broad SMARTS) is 1. The maximum Gasteiger partial charge on any atom is 0.573 e. The molecule has 3 rings (SSSR count). The fourth-order valence-corrected chi connectivity index (χ4v) is 3.15. The van der Waals surface area contributed by atoms with Crippen LogP contribution in [0.1, 0.15) is 6.92 Å². The molecule has 0 amide bonds. The van der Waals surface area contributed by atoms with Crippen LogP contribution in [0.25, 0.3) is 11.1 Å². The van der Waals surface area contributed by atoms with Gasteiger partial charge in [-0.05, 0) is 48.4 Å². The lowest BCUT2D eigenvalue weighted by molar-refractivity contribution is -0.274. The summed E-state index contributed by atoms with van der Waals surface area (Å²) < 4.78 is 55.1. The van der Waals surface area contributed by atoms with Gasteiger partial charge in [-0.15, -0.1) is 13.2 Å². The maximum absolute atomic E-state index is 14.6. The van der Waals surface area contributed by atoms with Crippen LogP contribution in [0, 0.1) is 5.82 Å². The summed E-state index contributed by atoms with van der Waals surface area (Å²) in [7, 11) is 0. The third-order valence-corrected chi connectivity index (χ3v) is 4.58. The Morgan fingerprint density at radius 1 is 1.23 bits per heavy atom. The number of hydrogen-bond donors (Lipinski definition) is 2. The molecule has 0 radical (unpaired) electrons. The largest absolute Gasteiger partial charge is 0.573 e. The zero-order chi connectivity index (χ0) is 22.1. The van der Waals surface area contributed by atoms with Gasteiger partial charge in [0.2, 0.25) is 0 Å². The highest BCUT2D eigenvalue weighted by Crippen LogP contribution is 2.31. The molecule has 158 valence electrons. The molecule has 1 aliphatic heterocycles. The molecule has 0 saturated heterocycles. The maximum atomic E-state index is 14.6. The monoisotopic (exact) mass is 486 g/mol. The predicted molar refractivity (Wildman–Crippen MR) is 107 cm³/mol. The van der Waals surface area contributed by atoms with Crippen LogP contribution in [0.15, 0.2) is 59.1 Å². The van der Waals surface area contributed by atoms with Crippen LogP contribution in [-0.2, 0) is 4.79 Å². The number of anilines is 1. The van der Waals surface area contributed by atoms with Gasteiger partial charge in [-0.1, -0.05) is 34.1 Å². The van der Waals surface area contributed by atoms with E-state index in [-0.39, 0.29) is 23.6 Å². The molecule has 10 heteroatoms. The summed E-state index contributed by atoms with van der Waals surface area (Å²) in [5, 5.41) is 12.1. The number of carboxylic acids is 1. The minimum Gasteiger partial charge on any atom is -0.478 e. The highest BCUT2D eigenvalue weighted by Gasteiger charge is 2.31. The first-order valence-electron chi connectivity index (χ1n) is 8.56. The SMILES string of the molecule is CC1(Br)C=C(C(=O)O)C(Nc2ccc(-c3cccc(OC(F)(F)F)c3)cc2F)=NC1. The molecule has 1 aliphatic rings. The fraction of sp³-hybridized carbons (Fsp3) is 0.200. The lowest BCUT2D eigenvalue weighted by Crippen LogP contribution is -2.32. The normalized spacial score (nSPS) is 19.0. The summed E-state index contributed by atoms with van der Waals surface area (Å²) in [6, 6.07) is 9.12. The number of nitrogens with one attached hydrogen (secondary N) is 1. The van der Waals surface area contributed by atoms with E-state index in [0.717, 1.165) is 18.2 Å². The molecule has 2 aromatic rings. The summed E-state index contributed by atoms with van der Waals surface area (Å²) in [6.45, 7) is 2.00. The number of alkyl halides is 4. The molecule has 0 aromatic heterocycles. The predicted octanol–water partition coefficient (Wildman–Crippen LogP) is 5.38. The van der Waals surface area contributed by atoms with Crippen molar-refractivity contribution in [1.29, 1.82) is 0 Å². The number of halogens is 5. The molecular weight excluding hydrogens is 472 g/mol. The van der Waals surface area contributed by atoms with E-state index in [1.807, 2.05) is 0 Å². The molecule has 0 saturated carbocycles. The average molecular weight is 487 g/mol. The number of aliphatic carboxylic acids is 1. The molecule has 1 atom stereocenters. The zero-order valence-electron chi connectivity index (χ0n) is 15.4. The van der Waals surface area contributed by atoms with Crippen molar-refractivity contribution in [2.45, 2.75) is 17.6 Å². The number of nitrogens with zero attached hydrogens (tertiary/aromatic N) is 1. The van der Waals surface area contributed by atoms with E-state index < -0.39 is 28.2 Å². The Balaban J connectivity index is 1.85. The summed E-state index contributed by atoms with van der Waals surface area (Å²) >= 11 is 3.36. The second-order valence-electron chi connectivity index (χ2n) is 6.70. The van der Waals surface area contributed by atoms with E-state index in [1.165, 1.54) is 30.3 Å². The molecule has 0 fully saturated rings. The molecule has 2 aromatic carbocycles. The Labute approximate surface area is 177 Å². The van der Waals surface area contributed by atoms with Crippen LogP contribution in [-0.4, -0.2) is 34.1 Å². The zero-order valence-corrected chi connectivity index (χ0v) is 17.0. The topological polar surface area (TPSA) is 70.9 Å². The molecule has 5 nitrogen and oxygen atoms in total. The number of rotatable bonds is 4. The van der Waals surface area contributed by atoms with Crippen LogP contribution in [0.3, 0.4) is 0 Å². The van der Waals surface area contributed by atoms with Gasteiger partial charge < -0.3 is 15.2 Å². The van der Waals surface area contributed by atoms with Gasteiger partial charge in [-0.3, -0.25) is 4.99 Å². The van der Waals surface area contributed by atoms with E-state index >= 15 is 0 Å². The molecular formula is C20H15BrF4N2O3. The number of ether oxygens (including phenoxy) is 1. The molecule has 2 N–H and O–H groups in total. The van der Waals surface area contributed by atoms with Gasteiger partial charge in [0.15, 0.2) is 0 Å². The van der Waals surface area contributed by atoms with Crippen molar-refractivity contribution in [3.05, 3.63) is 59.9 Å². The van der Waals surface area contributed by atoms with Crippen molar-refractivity contribution >= 4 is 33.4 Å². The Kier molecular flexibility index (Phi) is 5.89. The summed E-state index contributed by atoms with van der Waals surface area (Å²) in [4.78, 5) is 15.7. The Morgan fingerprint density at radius 3 is 2.57 bits per heavy atom. The first-order valence-corrected chi connectivity index (χ1v) is 9.35. The Morgan fingerprint density at radius 2 is 1.93 bits per heavy atom. The van der Waals surface area contributed by atoms with Crippen molar-refractivity contribution < 1.29 is 32.2 Å². The minimum atomic E-state index is -4.83. The van der Waals surface area contributed by atoms with E-state index in [1.54, 1.807) is 6.92 Å². The van der Waals surface area contributed by atoms with E-state index in [0.29, 0.717) is 11.1 Å². The smallest absolute Gasteiger partial charge is 0.478 e. The quantitative estimate of drug-likeness (QED) is 0.449. The van der Waals surface area contributed by atoms with Crippen molar-refractivity contribution in [3.63, 3.8) is 0 Å². The van der Waals surface area contributed by atoms with E-state index in [9.17, 15) is 27.5 Å². The second kappa shape index (κ2) is 8.10. The average Bonchev–Trinajstić information content (AvgIpc) is 2.63. The summed E-state index contributed by atoms with van der Waals surface area (Å²) in [6.07, 6.45) is -3.36. The number of dihydropyridines is 1. The van der Waals surface area contributed by atoms with Crippen LogP contribution in [0.2, 0.25) is 0 Å². The van der Waals surface area contributed by atoms with Gasteiger partial charge in [0.25, 0.3) is 0 Å². The summed E-state index contributed by atoms with van der Waals surface area (Å²) in [5.41, 5.74) is 0.503. The Hall–Kier alpha value is -2.88. The number of benzene rings is 2. The molecule has 30 heavy (non-hydrogen) atoms. The standard InChI is InChI=1S/C20H15BrF4N2O3/c1-19(21)9-14(18(28)29)17(26-10-19)27-16-6-5-12(8-15(16)22)11-3-2-4-13(7-11)30-20(23,24)25/h2-9H,10H2,1H3,(H,26,27)(H,28,29). The van der Waals surface area contributed by atoms with Crippen molar-refractivity contribution in [3.8, 4) is 16.9 Å². The first kappa shape index (κ1) is 21.8. The highest BCUT2D eigenvalue weighted by atomic mass is 79.9. The van der Waals surface area contributed by atoms with Crippen LogP contribution in [0.4, 0.5) is 23.2 Å². The van der Waals surface area contributed by atoms with Gasteiger partial charge in [0.05, 0.1) is 22.1 Å². The van der Waals surface area contributed by atoms with Crippen LogP contribution >= 0.6 is 15.9 Å². The molecule has 1 unspecified atom stereocenters. The second-order valence-corrected chi connectivity index (χ2v) is 8.51. The third-order valence-electron chi connectivity index (χ3n) is 4.10. The number of amidine groups is 1. The van der Waals surface area contributed by atoms with E-state index in [2.05, 4.69) is 31.0 Å². The number of aliphatic imine (C=N–C) groups is 1. The molecule has 0 bridgehead atoms. The fourth-order valence-electron chi connectivity index (χ4n) is 2.80. The molecule has 0 spiro atoms. The lowest BCUT2D eigenvalue weighted by atomic mass is 10.0. The van der Waals surface area contributed by atoms with Gasteiger partial charge in [-0.2, -0.15) is 0 Å². The minimum absolute atomic E-state index is 0.00616. The van der Waals surface area contributed by atoms with Crippen LogP contribution in [0.5, 0.6) is 5.75 Å². The lowest BCUT2D eigenvalue weighted by Gasteiger charge is -2.24. The van der Waals surface area contributed by atoms with Crippen molar-refractivity contribution in [2.24, 2.45) is 4.99 Å². The van der Waals surface area contributed by atoms with Gasteiger partial charge in [0.1, 0.15) is 17.4 Å². The highest BCUT2D eigenvalue weighted by molar-refractivity contribution is 9.10. The van der Waals surface area contributed by atoms with Gasteiger partial charge in [-0.25, -0.2) is 9.18 Å². The molecule has 0 aliphatic carbocycles. The van der Waals surface area contributed by atoms with E-state index in [4.69, 9.17) is 0 Å². The Bertz CT molecular complexity index is 1050. The van der Waals surface area contributed by atoms with Gasteiger partial charge >= 0.3 is 12.3 Å². The third kappa shape index (κ3) is 5.38. The number of hydrogen-bond acceptors (Lipinski definition) is 4. The number of carbonyl (C=O) groups is 1. The van der Waals surface area contributed by atoms with Crippen molar-refractivity contribution in [2.75, 3.05) is 11.9 Å².